The van der Waals surface area contributed by atoms with Crippen LogP contribution < -0.4 is 10.6 Å². The molecule has 0 atom stereocenters. The molecule has 2 aromatic rings. The topological polar surface area (TPSA) is 64.7 Å². The van der Waals surface area contributed by atoms with Gasteiger partial charge in [-0.25, -0.2) is 0 Å². The third kappa shape index (κ3) is 6.82. The van der Waals surface area contributed by atoms with Crippen molar-refractivity contribution in [3.05, 3.63) is 42.5 Å². The van der Waals surface area contributed by atoms with E-state index in [1.165, 1.54) is 0 Å². The standard InChI is InChI=1S/C24H34N4O2/c1-24(2,3)26-23(30)18-28-14-7-13-27(16-17-28)15-12-22(29)25-21-11-6-9-19-8-4-5-10-20(19)21/h4-6,8-11H,7,12-18H2,1-3H3,(H,25,29)(H,26,30). The Morgan fingerprint density at radius 1 is 0.900 bits per heavy atom. The lowest BCUT2D eigenvalue weighted by molar-refractivity contribution is -0.123. The Morgan fingerprint density at radius 3 is 2.40 bits per heavy atom. The molecule has 2 N–H and O–H groups in total. The summed E-state index contributed by atoms with van der Waals surface area (Å²) in [4.78, 5) is 29.2. The molecule has 1 aliphatic rings. The van der Waals surface area contributed by atoms with E-state index in [0.717, 1.165) is 55.6 Å². The lowest BCUT2D eigenvalue weighted by Gasteiger charge is -2.25. The molecular formula is C24H34N4O2. The maximum absolute atomic E-state index is 12.5. The van der Waals surface area contributed by atoms with Gasteiger partial charge in [0.05, 0.1) is 6.54 Å². The Labute approximate surface area is 179 Å². The summed E-state index contributed by atoms with van der Waals surface area (Å²) >= 11 is 0. The van der Waals surface area contributed by atoms with E-state index in [4.69, 9.17) is 0 Å². The van der Waals surface area contributed by atoms with Crippen molar-refractivity contribution in [1.82, 2.24) is 15.1 Å². The number of hydrogen-bond acceptors (Lipinski definition) is 4. The van der Waals surface area contributed by atoms with Gasteiger partial charge in [0, 0.05) is 42.7 Å². The first-order chi connectivity index (χ1) is 14.3. The van der Waals surface area contributed by atoms with Crippen molar-refractivity contribution < 1.29 is 9.59 Å². The maximum atomic E-state index is 12.5. The quantitative estimate of drug-likeness (QED) is 0.768. The number of rotatable bonds is 6. The van der Waals surface area contributed by atoms with Gasteiger partial charge in [0.15, 0.2) is 0 Å². The van der Waals surface area contributed by atoms with Gasteiger partial charge in [-0.1, -0.05) is 36.4 Å². The molecule has 2 aromatic carbocycles. The Hall–Kier alpha value is -2.44. The van der Waals surface area contributed by atoms with E-state index in [2.05, 4.69) is 32.6 Å². The van der Waals surface area contributed by atoms with Gasteiger partial charge in [0.2, 0.25) is 11.8 Å². The van der Waals surface area contributed by atoms with Crippen LogP contribution in [0.15, 0.2) is 42.5 Å². The summed E-state index contributed by atoms with van der Waals surface area (Å²) in [6.45, 7) is 10.8. The molecule has 6 nitrogen and oxygen atoms in total. The summed E-state index contributed by atoms with van der Waals surface area (Å²) in [6, 6.07) is 14.0. The van der Waals surface area contributed by atoms with Gasteiger partial charge in [-0.15, -0.1) is 0 Å². The average Bonchev–Trinajstić information content (AvgIpc) is 2.90. The number of nitrogens with one attached hydrogen (secondary N) is 2. The number of carbonyl (C=O) groups excluding carboxylic acids is 2. The molecule has 0 radical (unpaired) electrons. The fraction of sp³-hybridized carbons (Fsp3) is 0.500. The summed E-state index contributed by atoms with van der Waals surface area (Å²) in [7, 11) is 0. The fourth-order valence-corrected chi connectivity index (χ4v) is 3.87. The van der Waals surface area contributed by atoms with Gasteiger partial charge in [-0.05, 0) is 51.7 Å². The molecule has 0 spiro atoms. The highest BCUT2D eigenvalue weighted by atomic mass is 16.2. The zero-order valence-corrected chi connectivity index (χ0v) is 18.4. The molecule has 162 valence electrons. The van der Waals surface area contributed by atoms with Crippen molar-refractivity contribution in [2.24, 2.45) is 0 Å². The molecule has 3 rings (SSSR count). The fourth-order valence-electron chi connectivity index (χ4n) is 3.87. The number of nitrogens with zero attached hydrogens (tertiary/aromatic N) is 2. The van der Waals surface area contributed by atoms with Gasteiger partial charge in [0.25, 0.3) is 0 Å². The highest BCUT2D eigenvalue weighted by Crippen LogP contribution is 2.23. The van der Waals surface area contributed by atoms with Crippen LogP contribution in [-0.2, 0) is 9.59 Å². The van der Waals surface area contributed by atoms with Gasteiger partial charge in [-0.2, -0.15) is 0 Å². The molecule has 0 aromatic heterocycles. The predicted octanol–water partition coefficient (Wildman–Crippen LogP) is 3.09. The SMILES string of the molecule is CC(C)(C)NC(=O)CN1CCCN(CCC(=O)Nc2cccc3ccccc23)CC1. The van der Waals surface area contributed by atoms with Gasteiger partial charge in [-0.3, -0.25) is 14.5 Å². The second-order valence-corrected chi connectivity index (χ2v) is 9.09. The van der Waals surface area contributed by atoms with Crippen LogP contribution in [0.3, 0.4) is 0 Å². The van der Waals surface area contributed by atoms with Crippen LogP contribution >= 0.6 is 0 Å². The molecule has 0 unspecified atom stereocenters. The Balaban J connectivity index is 1.45. The van der Waals surface area contributed by atoms with Crippen LogP contribution in [-0.4, -0.2) is 66.4 Å². The molecule has 2 amide bonds. The van der Waals surface area contributed by atoms with Gasteiger partial charge >= 0.3 is 0 Å². The second kappa shape index (κ2) is 10.0. The first-order valence-electron chi connectivity index (χ1n) is 10.8. The van der Waals surface area contributed by atoms with Crippen molar-refractivity contribution >= 4 is 28.3 Å². The zero-order chi connectivity index (χ0) is 21.6. The van der Waals surface area contributed by atoms with Crippen molar-refractivity contribution in [1.29, 1.82) is 0 Å². The molecule has 0 bridgehead atoms. The van der Waals surface area contributed by atoms with Crippen molar-refractivity contribution in [2.45, 2.75) is 39.2 Å². The summed E-state index contributed by atoms with van der Waals surface area (Å²) in [5, 5.41) is 8.28. The summed E-state index contributed by atoms with van der Waals surface area (Å²) < 4.78 is 0. The number of hydrogen-bond donors (Lipinski definition) is 2. The van der Waals surface area contributed by atoms with Gasteiger partial charge in [0.1, 0.15) is 0 Å². The van der Waals surface area contributed by atoms with Crippen molar-refractivity contribution in [3.8, 4) is 0 Å². The number of carbonyl (C=O) groups is 2. The van der Waals surface area contributed by atoms with Crippen LogP contribution in [0.25, 0.3) is 10.8 Å². The Kier molecular flexibility index (Phi) is 7.45. The lowest BCUT2D eigenvalue weighted by atomic mass is 10.1. The van der Waals surface area contributed by atoms with Crippen LogP contribution in [0, 0.1) is 0 Å². The predicted molar refractivity (Wildman–Crippen MR) is 123 cm³/mol. The summed E-state index contributed by atoms with van der Waals surface area (Å²) in [5.41, 5.74) is 0.664. The minimum atomic E-state index is -0.202. The second-order valence-electron chi connectivity index (χ2n) is 9.09. The molecule has 30 heavy (non-hydrogen) atoms. The highest BCUT2D eigenvalue weighted by molar-refractivity contribution is 6.02. The average molecular weight is 411 g/mol. The van der Waals surface area contributed by atoms with E-state index in [0.29, 0.717) is 13.0 Å². The first kappa shape index (κ1) is 22.2. The number of anilines is 1. The van der Waals surface area contributed by atoms with E-state index >= 15 is 0 Å². The first-order valence-corrected chi connectivity index (χ1v) is 10.8. The molecule has 1 aliphatic heterocycles. The molecule has 1 saturated heterocycles. The molecule has 1 heterocycles. The summed E-state index contributed by atoms with van der Waals surface area (Å²) in [5.74, 6) is 0.113. The van der Waals surface area contributed by atoms with Crippen LogP contribution in [0.5, 0.6) is 0 Å². The number of fused-ring (bicyclic) bond motifs is 1. The molecule has 6 heteroatoms. The Morgan fingerprint density at radius 2 is 1.60 bits per heavy atom. The smallest absolute Gasteiger partial charge is 0.234 e. The maximum Gasteiger partial charge on any atom is 0.234 e. The summed E-state index contributed by atoms with van der Waals surface area (Å²) in [6.07, 6.45) is 1.47. The molecule has 0 aliphatic carbocycles. The van der Waals surface area contributed by atoms with Crippen molar-refractivity contribution in [3.63, 3.8) is 0 Å². The van der Waals surface area contributed by atoms with Crippen LogP contribution in [0.4, 0.5) is 5.69 Å². The largest absolute Gasteiger partial charge is 0.350 e. The minimum absolute atomic E-state index is 0.0389. The van der Waals surface area contributed by atoms with Crippen LogP contribution in [0.1, 0.15) is 33.6 Å². The third-order valence-corrected chi connectivity index (χ3v) is 5.28. The van der Waals surface area contributed by atoms with Crippen LogP contribution in [0.2, 0.25) is 0 Å². The van der Waals surface area contributed by atoms with E-state index in [-0.39, 0.29) is 17.4 Å². The van der Waals surface area contributed by atoms with E-state index in [1.54, 1.807) is 0 Å². The molecule has 0 saturated carbocycles. The monoisotopic (exact) mass is 410 g/mol. The van der Waals surface area contributed by atoms with Gasteiger partial charge < -0.3 is 15.5 Å². The van der Waals surface area contributed by atoms with Crippen molar-refractivity contribution in [2.75, 3.05) is 44.6 Å². The number of amides is 2. The van der Waals surface area contributed by atoms with E-state index in [9.17, 15) is 9.59 Å². The Bertz CT molecular complexity index is 870. The highest BCUT2D eigenvalue weighted by Gasteiger charge is 2.20. The minimum Gasteiger partial charge on any atom is -0.350 e. The number of benzene rings is 2. The zero-order valence-electron chi connectivity index (χ0n) is 18.4. The third-order valence-electron chi connectivity index (χ3n) is 5.28. The lowest BCUT2D eigenvalue weighted by Crippen LogP contribution is -2.46. The molecule has 1 fully saturated rings. The van der Waals surface area contributed by atoms with E-state index in [1.807, 2.05) is 51.1 Å². The molecular weight excluding hydrogens is 376 g/mol. The van der Waals surface area contributed by atoms with E-state index < -0.39 is 0 Å². The normalized spacial score (nSPS) is 16.2.